The first kappa shape index (κ1) is 22.7. The number of benzene rings is 4. The predicted octanol–water partition coefficient (Wildman–Crippen LogP) is 5.15. The van der Waals surface area contributed by atoms with E-state index in [0.29, 0.717) is 0 Å². The van der Waals surface area contributed by atoms with E-state index >= 15 is 0 Å². The molecule has 0 spiro atoms. The van der Waals surface area contributed by atoms with Gasteiger partial charge in [-0.25, -0.2) is 0 Å². The summed E-state index contributed by atoms with van der Waals surface area (Å²) < 4.78 is 23.1. The van der Waals surface area contributed by atoms with Crippen LogP contribution < -0.4 is 34.9 Å². The first-order valence-corrected chi connectivity index (χ1v) is 11.9. The lowest BCUT2D eigenvalue weighted by molar-refractivity contribution is 0.397. The van der Waals surface area contributed by atoms with Gasteiger partial charge < -0.3 is 18.9 Å². The van der Waals surface area contributed by atoms with Crippen LogP contribution in [0, 0.1) is 0 Å². The summed E-state index contributed by atoms with van der Waals surface area (Å²) in [6, 6.07) is 30.6. The molecule has 4 aromatic rings. The minimum absolute atomic E-state index is 0.761. The monoisotopic (exact) mass is 458 g/mol. The summed E-state index contributed by atoms with van der Waals surface area (Å²) in [5.74, 6) is 3.21. The lowest BCUT2D eigenvalue weighted by Crippen LogP contribution is -2.24. The smallest absolute Gasteiger partial charge is 0.130 e. The molecule has 0 unspecified atom stereocenters. The van der Waals surface area contributed by atoms with Crippen molar-refractivity contribution in [2.75, 3.05) is 28.4 Å². The Bertz CT molecular complexity index is 1170. The van der Waals surface area contributed by atoms with E-state index in [1.54, 1.807) is 28.4 Å². The van der Waals surface area contributed by atoms with Crippen molar-refractivity contribution in [2.45, 2.75) is 0 Å². The molecule has 4 rings (SSSR count). The highest BCUT2D eigenvalue weighted by molar-refractivity contribution is 7.80. The molecule has 4 nitrogen and oxygen atoms in total. The molecule has 0 N–H and O–H groups in total. The quantitative estimate of drug-likeness (QED) is 0.343. The summed E-state index contributed by atoms with van der Waals surface area (Å²) in [7, 11) is 5.75. The Morgan fingerprint density at radius 3 is 1.30 bits per heavy atom. The summed E-state index contributed by atoms with van der Waals surface area (Å²) in [4.78, 5) is 0. The molecular weight excluding hydrogens is 431 g/mol. The third kappa shape index (κ3) is 4.40. The van der Waals surface area contributed by atoms with Gasteiger partial charge in [-0.2, -0.15) is 0 Å². The molecule has 33 heavy (non-hydrogen) atoms. The van der Waals surface area contributed by atoms with Crippen molar-refractivity contribution in [3.8, 4) is 34.1 Å². The molecular formula is C28H27O4P. The van der Waals surface area contributed by atoms with Crippen molar-refractivity contribution in [3.05, 3.63) is 91.0 Å². The topological polar surface area (TPSA) is 36.9 Å². The zero-order valence-corrected chi connectivity index (χ0v) is 20.1. The average molecular weight is 458 g/mol. The molecule has 0 fully saturated rings. The van der Waals surface area contributed by atoms with E-state index in [4.69, 9.17) is 18.9 Å². The fourth-order valence-electron chi connectivity index (χ4n) is 4.02. The van der Waals surface area contributed by atoms with Crippen LogP contribution in [0.25, 0.3) is 11.1 Å². The van der Waals surface area contributed by atoms with Crippen LogP contribution in [0.2, 0.25) is 0 Å². The second kappa shape index (κ2) is 10.4. The second-order valence-electron chi connectivity index (χ2n) is 7.23. The number of ether oxygens (including phenoxy) is 4. The van der Waals surface area contributed by atoms with Gasteiger partial charge in [0.1, 0.15) is 23.0 Å². The lowest BCUT2D eigenvalue weighted by Gasteiger charge is -2.26. The normalized spacial score (nSPS) is 10.7. The molecule has 0 aliphatic heterocycles. The number of hydrogen-bond acceptors (Lipinski definition) is 4. The summed E-state index contributed by atoms with van der Waals surface area (Å²) in [6.07, 6.45) is 0. The number of rotatable bonds is 8. The summed E-state index contributed by atoms with van der Waals surface area (Å²) in [5, 5.41) is 3.38. The Labute approximate surface area is 196 Å². The van der Waals surface area contributed by atoms with E-state index in [-0.39, 0.29) is 0 Å². The van der Waals surface area contributed by atoms with Crippen LogP contribution in [-0.2, 0) is 0 Å². The van der Waals surface area contributed by atoms with Gasteiger partial charge in [0.15, 0.2) is 0 Å². The van der Waals surface area contributed by atoms with Crippen LogP contribution in [-0.4, -0.2) is 28.4 Å². The van der Waals surface area contributed by atoms with E-state index in [9.17, 15) is 0 Å². The maximum Gasteiger partial charge on any atom is 0.130 e. The highest BCUT2D eigenvalue weighted by atomic mass is 31.1. The van der Waals surface area contributed by atoms with Gasteiger partial charge in [-0.3, -0.25) is 0 Å². The molecule has 0 radical (unpaired) electrons. The zero-order valence-electron chi connectivity index (χ0n) is 19.2. The van der Waals surface area contributed by atoms with Crippen molar-refractivity contribution in [3.63, 3.8) is 0 Å². The molecule has 0 bridgehead atoms. The number of hydrogen-bond donors (Lipinski definition) is 0. The highest BCUT2D eigenvalue weighted by Gasteiger charge is 2.27. The standard InChI is InChI=1S/C28H27O4P/c1-29-21-13-6-9-18-26(21)33(27-19-10-7-14-22(27)30-2)25-17-8-5-12-20(25)28-23(31-3)15-11-16-24(28)32-4/h5-19H,1-4H3. The van der Waals surface area contributed by atoms with Gasteiger partial charge in [0, 0.05) is 10.6 Å². The first-order valence-electron chi connectivity index (χ1n) is 10.6. The van der Waals surface area contributed by atoms with Crippen molar-refractivity contribution >= 4 is 23.8 Å². The molecule has 0 amide bonds. The first-order chi connectivity index (χ1) is 16.2. The van der Waals surface area contributed by atoms with Gasteiger partial charge in [-0.1, -0.05) is 66.7 Å². The Hall–Kier alpha value is -3.49. The molecule has 0 aliphatic carbocycles. The Morgan fingerprint density at radius 2 is 0.818 bits per heavy atom. The van der Waals surface area contributed by atoms with Crippen LogP contribution in [0.15, 0.2) is 91.0 Å². The van der Waals surface area contributed by atoms with E-state index < -0.39 is 7.92 Å². The third-order valence-electron chi connectivity index (χ3n) is 5.49. The minimum Gasteiger partial charge on any atom is -0.496 e. The van der Waals surface area contributed by atoms with Crippen LogP contribution in [0.3, 0.4) is 0 Å². The Kier molecular flexibility index (Phi) is 7.16. The highest BCUT2D eigenvalue weighted by Crippen LogP contribution is 2.45. The van der Waals surface area contributed by atoms with Gasteiger partial charge in [-0.05, 0) is 43.1 Å². The fourth-order valence-corrected chi connectivity index (χ4v) is 6.70. The van der Waals surface area contributed by atoms with E-state index in [1.807, 2.05) is 48.5 Å². The summed E-state index contributed by atoms with van der Waals surface area (Å²) >= 11 is 0. The molecule has 0 saturated carbocycles. The van der Waals surface area contributed by atoms with Crippen molar-refractivity contribution < 1.29 is 18.9 Å². The van der Waals surface area contributed by atoms with E-state index in [2.05, 4.69) is 42.5 Å². The van der Waals surface area contributed by atoms with E-state index in [1.165, 1.54) is 0 Å². The maximum atomic E-state index is 5.80. The van der Waals surface area contributed by atoms with Gasteiger partial charge in [0.2, 0.25) is 0 Å². The van der Waals surface area contributed by atoms with Gasteiger partial charge in [0.05, 0.1) is 34.0 Å². The maximum absolute atomic E-state index is 5.80. The molecule has 0 aliphatic rings. The number of methoxy groups -OCH3 is 4. The van der Waals surface area contributed by atoms with Crippen LogP contribution >= 0.6 is 7.92 Å². The Morgan fingerprint density at radius 1 is 0.424 bits per heavy atom. The van der Waals surface area contributed by atoms with Crippen LogP contribution in [0.5, 0.6) is 23.0 Å². The van der Waals surface area contributed by atoms with Crippen LogP contribution in [0.4, 0.5) is 0 Å². The van der Waals surface area contributed by atoms with Gasteiger partial charge in [-0.15, -0.1) is 0 Å². The van der Waals surface area contributed by atoms with Gasteiger partial charge >= 0.3 is 0 Å². The molecule has 0 saturated heterocycles. The van der Waals surface area contributed by atoms with E-state index in [0.717, 1.165) is 50.0 Å². The lowest BCUT2D eigenvalue weighted by atomic mass is 10.0. The van der Waals surface area contributed by atoms with Crippen molar-refractivity contribution in [1.82, 2.24) is 0 Å². The SMILES string of the molecule is COc1ccccc1P(c1ccccc1OC)c1ccccc1-c1c(OC)cccc1OC. The summed E-state index contributed by atoms with van der Waals surface area (Å²) in [5.41, 5.74) is 1.98. The molecule has 0 atom stereocenters. The molecule has 5 heteroatoms. The Balaban J connectivity index is 2.06. The van der Waals surface area contributed by atoms with Gasteiger partial charge in [0.25, 0.3) is 0 Å². The van der Waals surface area contributed by atoms with Crippen molar-refractivity contribution in [1.29, 1.82) is 0 Å². The van der Waals surface area contributed by atoms with Crippen LogP contribution in [0.1, 0.15) is 0 Å². The minimum atomic E-state index is -1.04. The predicted molar refractivity (Wildman–Crippen MR) is 137 cm³/mol. The fraction of sp³-hybridized carbons (Fsp3) is 0.143. The zero-order chi connectivity index (χ0) is 23.2. The second-order valence-corrected chi connectivity index (χ2v) is 9.35. The van der Waals surface area contributed by atoms with Crippen molar-refractivity contribution in [2.24, 2.45) is 0 Å². The summed E-state index contributed by atoms with van der Waals surface area (Å²) in [6.45, 7) is 0. The average Bonchev–Trinajstić information content (AvgIpc) is 2.89. The molecule has 0 aromatic heterocycles. The molecule has 168 valence electrons. The third-order valence-corrected chi connectivity index (χ3v) is 8.07. The number of para-hydroxylation sites is 2. The molecule has 0 heterocycles. The largest absolute Gasteiger partial charge is 0.496 e. The molecule has 4 aromatic carbocycles.